The normalized spacial score (nSPS) is 17.7. The smallest absolute Gasteiger partial charge is 0.272 e. The fourth-order valence-electron chi connectivity index (χ4n) is 2.77. The lowest BCUT2D eigenvalue weighted by Crippen LogP contribution is -2.29. The van der Waals surface area contributed by atoms with Crippen molar-refractivity contribution in [3.63, 3.8) is 0 Å². The second-order valence-electron chi connectivity index (χ2n) is 5.50. The average molecular weight is 301 g/mol. The van der Waals surface area contributed by atoms with E-state index < -0.39 is 0 Å². The van der Waals surface area contributed by atoms with Gasteiger partial charge >= 0.3 is 0 Å². The largest absolute Gasteiger partial charge is 0.378 e. The number of carbonyl (C=O) groups excluding carboxylic acids is 1. The minimum Gasteiger partial charge on any atom is -0.378 e. The number of hydrogen-bond acceptors (Lipinski definition) is 4. The lowest BCUT2D eigenvalue weighted by Gasteiger charge is -2.10. The third-order valence-electron chi connectivity index (χ3n) is 3.92. The second kappa shape index (κ2) is 6.70. The van der Waals surface area contributed by atoms with Gasteiger partial charge in [-0.2, -0.15) is 5.10 Å². The summed E-state index contributed by atoms with van der Waals surface area (Å²) in [5.41, 5.74) is 0.350. The lowest BCUT2D eigenvalue weighted by molar-refractivity contribution is -0.120. The maximum absolute atomic E-state index is 12.0. The van der Waals surface area contributed by atoms with E-state index in [-0.39, 0.29) is 24.0 Å². The minimum absolute atomic E-state index is 0.0947. The summed E-state index contributed by atoms with van der Waals surface area (Å²) >= 11 is 0. The molecule has 22 heavy (non-hydrogen) atoms. The molecule has 0 unspecified atom stereocenters. The molecule has 3 rings (SSSR count). The molecule has 0 radical (unpaired) electrons. The van der Waals surface area contributed by atoms with Gasteiger partial charge in [0.15, 0.2) is 0 Å². The summed E-state index contributed by atoms with van der Waals surface area (Å²) in [5, 5.41) is 10.6. The molecule has 0 aliphatic carbocycles. The Morgan fingerprint density at radius 3 is 2.95 bits per heavy atom. The Morgan fingerprint density at radius 1 is 1.36 bits per heavy atom. The van der Waals surface area contributed by atoms with E-state index in [1.807, 2.05) is 12.1 Å². The molecule has 1 saturated heterocycles. The first kappa shape index (κ1) is 14.7. The van der Waals surface area contributed by atoms with Crippen LogP contribution in [0.3, 0.4) is 0 Å². The van der Waals surface area contributed by atoms with Crippen LogP contribution in [0.5, 0.6) is 0 Å². The average Bonchev–Trinajstić information content (AvgIpc) is 3.04. The second-order valence-corrected chi connectivity index (χ2v) is 5.50. The molecule has 116 valence electrons. The van der Waals surface area contributed by atoms with E-state index in [9.17, 15) is 9.59 Å². The van der Waals surface area contributed by atoms with Crippen molar-refractivity contribution in [3.8, 4) is 0 Å². The summed E-state index contributed by atoms with van der Waals surface area (Å²) in [4.78, 5) is 23.7. The highest BCUT2D eigenvalue weighted by Gasteiger charge is 2.15. The number of nitrogens with zero attached hydrogens (tertiary/aromatic N) is 1. The van der Waals surface area contributed by atoms with Crippen LogP contribution in [0.25, 0.3) is 10.8 Å². The summed E-state index contributed by atoms with van der Waals surface area (Å²) in [6, 6.07) is 7.17. The number of benzene rings is 1. The van der Waals surface area contributed by atoms with Crippen LogP contribution in [0.15, 0.2) is 29.1 Å². The number of H-pyrrole nitrogens is 1. The van der Waals surface area contributed by atoms with E-state index in [4.69, 9.17) is 4.74 Å². The molecule has 1 amide bonds. The number of carbonyl (C=O) groups is 1. The molecule has 1 fully saturated rings. The summed E-state index contributed by atoms with van der Waals surface area (Å²) in [6.07, 6.45) is 3.44. The van der Waals surface area contributed by atoms with Gasteiger partial charge in [-0.15, -0.1) is 0 Å². The van der Waals surface area contributed by atoms with Gasteiger partial charge in [-0.1, -0.05) is 18.2 Å². The van der Waals surface area contributed by atoms with Crippen LogP contribution in [0.1, 0.15) is 25.0 Å². The van der Waals surface area contributed by atoms with E-state index in [0.717, 1.165) is 31.3 Å². The Bertz CT molecular complexity index is 720. The third kappa shape index (κ3) is 3.33. The van der Waals surface area contributed by atoms with Crippen molar-refractivity contribution in [2.75, 3.05) is 13.2 Å². The van der Waals surface area contributed by atoms with Crippen LogP contribution in [-0.4, -0.2) is 35.4 Å². The van der Waals surface area contributed by atoms with E-state index in [1.54, 1.807) is 12.1 Å². The third-order valence-corrected chi connectivity index (χ3v) is 3.92. The highest BCUT2D eigenvalue weighted by atomic mass is 16.5. The first-order valence-corrected chi connectivity index (χ1v) is 7.58. The van der Waals surface area contributed by atoms with Crippen LogP contribution in [0.2, 0.25) is 0 Å². The number of hydrogen-bond donors (Lipinski definition) is 2. The molecule has 6 nitrogen and oxygen atoms in total. The first-order valence-electron chi connectivity index (χ1n) is 7.58. The highest BCUT2D eigenvalue weighted by Crippen LogP contribution is 2.15. The Labute approximate surface area is 127 Å². The maximum atomic E-state index is 12.0. The molecule has 0 saturated carbocycles. The molecule has 1 aliphatic rings. The van der Waals surface area contributed by atoms with Crippen LogP contribution in [0, 0.1) is 0 Å². The lowest BCUT2D eigenvalue weighted by atomic mass is 10.1. The molecule has 2 aromatic rings. The SMILES string of the molecule is O=C(Cc1n[nH]c(=O)c2ccccc12)NCC[C@@H]1CCCO1. The summed E-state index contributed by atoms with van der Waals surface area (Å²) < 4.78 is 5.52. The number of amides is 1. The Hall–Kier alpha value is -2.21. The van der Waals surface area contributed by atoms with Crippen molar-refractivity contribution < 1.29 is 9.53 Å². The molecule has 0 bridgehead atoms. The zero-order chi connectivity index (χ0) is 15.4. The van der Waals surface area contributed by atoms with Crippen molar-refractivity contribution in [2.24, 2.45) is 0 Å². The number of fused-ring (bicyclic) bond motifs is 1. The monoisotopic (exact) mass is 301 g/mol. The van der Waals surface area contributed by atoms with Gasteiger partial charge in [0.2, 0.25) is 5.91 Å². The van der Waals surface area contributed by atoms with Crippen LogP contribution < -0.4 is 10.9 Å². The number of aromatic amines is 1. The summed E-state index contributed by atoms with van der Waals surface area (Å²) in [6.45, 7) is 1.43. The number of ether oxygens (including phenoxy) is 1. The summed E-state index contributed by atoms with van der Waals surface area (Å²) in [5.74, 6) is -0.0947. The van der Waals surface area contributed by atoms with Crippen molar-refractivity contribution in [1.82, 2.24) is 15.5 Å². The zero-order valence-corrected chi connectivity index (χ0v) is 12.3. The van der Waals surface area contributed by atoms with E-state index >= 15 is 0 Å². The number of aromatic nitrogens is 2. The standard InChI is InChI=1S/C16H19N3O3/c20-15(17-8-7-11-4-3-9-22-11)10-14-12-5-1-2-6-13(12)16(21)19-18-14/h1-2,5-6,11H,3-4,7-10H2,(H,17,20)(H,19,21)/t11-/m0/s1. The Balaban J connectivity index is 1.61. The van der Waals surface area contributed by atoms with Crippen molar-refractivity contribution >= 4 is 16.7 Å². The van der Waals surface area contributed by atoms with Crippen LogP contribution >= 0.6 is 0 Å². The zero-order valence-electron chi connectivity index (χ0n) is 12.3. The topological polar surface area (TPSA) is 84.1 Å². The van der Waals surface area contributed by atoms with Gasteiger partial charge in [0, 0.05) is 18.5 Å². The van der Waals surface area contributed by atoms with Gasteiger partial charge in [-0.25, -0.2) is 5.10 Å². The minimum atomic E-state index is -0.238. The molecule has 1 aromatic heterocycles. The molecule has 1 aliphatic heterocycles. The fourth-order valence-corrected chi connectivity index (χ4v) is 2.77. The van der Waals surface area contributed by atoms with E-state index in [0.29, 0.717) is 17.6 Å². The molecule has 1 aromatic carbocycles. The summed E-state index contributed by atoms with van der Waals surface area (Å²) in [7, 11) is 0. The Morgan fingerprint density at radius 2 is 2.18 bits per heavy atom. The highest BCUT2D eigenvalue weighted by molar-refractivity contribution is 5.88. The van der Waals surface area contributed by atoms with E-state index in [1.165, 1.54) is 0 Å². The molecular formula is C16H19N3O3. The van der Waals surface area contributed by atoms with Crippen LogP contribution in [-0.2, 0) is 16.0 Å². The fraction of sp³-hybridized carbons (Fsp3) is 0.438. The number of nitrogens with one attached hydrogen (secondary N) is 2. The van der Waals surface area contributed by atoms with Gasteiger partial charge < -0.3 is 10.1 Å². The quantitative estimate of drug-likeness (QED) is 0.867. The maximum Gasteiger partial charge on any atom is 0.272 e. The molecule has 2 N–H and O–H groups in total. The van der Waals surface area contributed by atoms with E-state index in [2.05, 4.69) is 15.5 Å². The molecule has 1 atom stereocenters. The molecule has 0 spiro atoms. The first-order chi connectivity index (χ1) is 10.7. The van der Waals surface area contributed by atoms with Crippen molar-refractivity contribution in [3.05, 3.63) is 40.3 Å². The predicted octanol–water partition coefficient (Wildman–Crippen LogP) is 1.15. The van der Waals surface area contributed by atoms with Gasteiger partial charge in [0.1, 0.15) is 0 Å². The molecule has 2 heterocycles. The Kier molecular flexibility index (Phi) is 4.48. The van der Waals surface area contributed by atoms with Crippen molar-refractivity contribution in [1.29, 1.82) is 0 Å². The number of rotatable bonds is 5. The predicted molar refractivity (Wildman–Crippen MR) is 82.7 cm³/mol. The molecule has 6 heteroatoms. The van der Waals surface area contributed by atoms with Gasteiger partial charge in [-0.3, -0.25) is 9.59 Å². The van der Waals surface area contributed by atoms with Gasteiger partial charge in [0.25, 0.3) is 5.56 Å². The van der Waals surface area contributed by atoms with Crippen LogP contribution in [0.4, 0.5) is 0 Å². The van der Waals surface area contributed by atoms with Gasteiger partial charge in [0.05, 0.1) is 23.6 Å². The van der Waals surface area contributed by atoms with Gasteiger partial charge in [-0.05, 0) is 25.3 Å². The van der Waals surface area contributed by atoms with Crippen molar-refractivity contribution in [2.45, 2.75) is 31.8 Å². The molecular weight excluding hydrogens is 282 g/mol.